The molecule has 2 rings (SSSR count). The van der Waals surface area contributed by atoms with Crippen molar-refractivity contribution >= 4 is 49.3 Å². The molecule has 0 unspecified atom stereocenters. The lowest BCUT2D eigenvalue weighted by atomic mass is 10.1. The molecular formula is C18H17BrN2O6S. The van der Waals surface area contributed by atoms with Crippen LogP contribution in [0, 0.1) is 0 Å². The Morgan fingerprint density at radius 3 is 2.25 bits per heavy atom. The molecule has 2 aromatic carbocycles. The zero-order chi connectivity index (χ0) is 21.1. The number of Topliss-reactive ketones (excluding diaryl/α,β-unsaturated/α-hetero) is 1. The van der Waals surface area contributed by atoms with Gasteiger partial charge in [-0.25, -0.2) is 18.4 Å². The fraction of sp³-hybridized carbons (Fsp3) is 0.167. The van der Waals surface area contributed by atoms with Gasteiger partial charge in [-0.1, -0.05) is 0 Å². The molecule has 8 nitrogen and oxygen atoms in total. The van der Waals surface area contributed by atoms with Crippen molar-refractivity contribution in [2.24, 2.45) is 5.14 Å². The average Bonchev–Trinajstić information content (AvgIpc) is 2.61. The van der Waals surface area contributed by atoms with E-state index < -0.39 is 28.0 Å². The largest absolute Gasteiger partial charge is 0.449 e. The molecular weight excluding hydrogens is 452 g/mol. The predicted molar refractivity (Wildman–Crippen MR) is 105 cm³/mol. The van der Waals surface area contributed by atoms with Crippen molar-refractivity contribution in [2.75, 3.05) is 5.32 Å². The SMILES string of the molecule is CC(=O)c1ccc(NC(=O)[C@@H](C)OC(=O)c2cc(S(N)(=O)=O)ccc2Br)cc1. The third-order valence-corrected chi connectivity index (χ3v) is 5.30. The highest BCUT2D eigenvalue weighted by Crippen LogP contribution is 2.22. The topological polar surface area (TPSA) is 133 Å². The first-order valence-corrected chi connectivity index (χ1v) is 10.3. The Kier molecular flexibility index (Phi) is 6.70. The van der Waals surface area contributed by atoms with Crippen LogP contribution in [0.25, 0.3) is 0 Å². The van der Waals surface area contributed by atoms with Gasteiger partial charge in [0, 0.05) is 15.7 Å². The fourth-order valence-electron chi connectivity index (χ4n) is 2.15. The molecule has 0 aliphatic carbocycles. The Balaban J connectivity index is 2.09. The van der Waals surface area contributed by atoms with Gasteiger partial charge in [0.2, 0.25) is 10.0 Å². The highest BCUT2D eigenvalue weighted by Gasteiger charge is 2.22. The van der Waals surface area contributed by atoms with E-state index in [0.29, 0.717) is 11.3 Å². The van der Waals surface area contributed by atoms with Gasteiger partial charge in [0.05, 0.1) is 10.5 Å². The number of esters is 1. The summed E-state index contributed by atoms with van der Waals surface area (Å²) in [6, 6.07) is 9.86. The van der Waals surface area contributed by atoms with Gasteiger partial charge < -0.3 is 10.1 Å². The summed E-state index contributed by atoms with van der Waals surface area (Å²) < 4.78 is 28.3. The van der Waals surface area contributed by atoms with Crippen molar-refractivity contribution in [3.63, 3.8) is 0 Å². The first-order chi connectivity index (χ1) is 13.0. The van der Waals surface area contributed by atoms with E-state index in [-0.39, 0.29) is 20.7 Å². The average molecular weight is 469 g/mol. The Bertz CT molecular complexity index is 1030. The second-order valence-electron chi connectivity index (χ2n) is 5.86. The summed E-state index contributed by atoms with van der Waals surface area (Å²) >= 11 is 3.13. The van der Waals surface area contributed by atoms with Crippen molar-refractivity contribution in [3.05, 3.63) is 58.1 Å². The van der Waals surface area contributed by atoms with E-state index in [1.54, 1.807) is 24.3 Å². The Morgan fingerprint density at radius 1 is 1.11 bits per heavy atom. The number of hydrogen-bond acceptors (Lipinski definition) is 6. The van der Waals surface area contributed by atoms with Crippen LogP contribution in [-0.2, 0) is 19.6 Å². The highest BCUT2D eigenvalue weighted by atomic mass is 79.9. The molecule has 3 N–H and O–H groups in total. The maximum absolute atomic E-state index is 12.3. The number of nitrogens with one attached hydrogen (secondary N) is 1. The molecule has 0 heterocycles. The van der Waals surface area contributed by atoms with Gasteiger partial charge in [0.25, 0.3) is 5.91 Å². The van der Waals surface area contributed by atoms with Crippen LogP contribution >= 0.6 is 15.9 Å². The lowest BCUT2D eigenvalue weighted by molar-refractivity contribution is -0.123. The van der Waals surface area contributed by atoms with E-state index in [2.05, 4.69) is 21.2 Å². The molecule has 0 aromatic heterocycles. The Hall–Kier alpha value is -2.56. The predicted octanol–water partition coefficient (Wildman–Crippen LogP) is 2.48. The third-order valence-electron chi connectivity index (χ3n) is 3.70. The van der Waals surface area contributed by atoms with Crippen LogP contribution in [0.2, 0.25) is 0 Å². The number of primary sulfonamides is 1. The first kappa shape index (κ1) is 21.7. The number of carbonyl (C=O) groups excluding carboxylic acids is 3. The van der Waals surface area contributed by atoms with Crippen LogP contribution in [0.3, 0.4) is 0 Å². The van der Waals surface area contributed by atoms with Gasteiger partial charge in [0.15, 0.2) is 11.9 Å². The monoisotopic (exact) mass is 468 g/mol. The number of halogens is 1. The molecule has 0 saturated carbocycles. The maximum atomic E-state index is 12.3. The number of ketones is 1. The number of nitrogens with two attached hydrogens (primary N) is 1. The quantitative estimate of drug-likeness (QED) is 0.494. The minimum absolute atomic E-state index is 0.0861. The fourth-order valence-corrected chi connectivity index (χ4v) is 3.10. The van der Waals surface area contributed by atoms with E-state index in [1.165, 1.54) is 26.0 Å². The minimum atomic E-state index is -4.00. The lowest BCUT2D eigenvalue weighted by Gasteiger charge is -2.14. The molecule has 2 aromatic rings. The molecule has 0 aliphatic rings. The number of amides is 1. The lowest BCUT2D eigenvalue weighted by Crippen LogP contribution is -2.30. The summed E-state index contributed by atoms with van der Waals surface area (Å²) in [7, 11) is -4.00. The molecule has 10 heteroatoms. The number of carbonyl (C=O) groups is 3. The number of rotatable bonds is 6. The molecule has 0 bridgehead atoms. The summed E-state index contributed by atoms with van der Waals surface area (Å²) in [5.41, 5.74) is 0.837. The molecule has 0 aliphatic heterocycles. The van der Waals surface area contributed by atoms with E-state index in [4.69, 9.17) is 9.88 Å². The molecule has 28 heavy (non-hydrogen) atoms. The smallest absolute Gasteiger partial charge is 0.340 e. The Morgan fingerprint density at radius 2 is 1.71 bits per heavy atom. The molecule has 0 saturated heterocycles. The molecule has 0 fully saturated rings. The summed E-state index contributed by atoms with van der Waals surface area (Å²) in [4.78, 5) is 35.6. The van der Waals surface area contributed by atoms with Crippen LogP contribution in [-0.4, -0.2) is 32.2 Å². The third kappa shape index (κ3) is 5.47. The summed E-state index contributed by atoms with van der Waals surface area (Å²) in [5.74, 6) is -1.60. The Labute approximate surface area is 170 Å². The molecule has 1 amide bonds. The van der Waals surface area contributed by atoms with Gasteiger partial charge in [-0.3, -0.25) is 9.59 Å². The second-order valence-corrected chi connectivity index (χ2v) is 8.27. The zero-order valence-corrected chi connectivity index (χ0v) is 17.3. The number of benzene rings is 2. The number of sulfonamides is 1. The van der Waals surface area contributed by atoms with Crippen LogP contribution in [0.5, 0.6) is 0 Å². The van der Waals surface area contributed by atoms with Gasteiger partial charge in [-0.15, -0.1) is 0 Å². The summed E-state index contributed by atoms with van der Waals surface area (Å²) in [6.45, 7) is 2.80. The number of anilines is 1. The molecule has 0 spiro atoms. The van der Waals surface area contributed by atoms with Crippen molar-refractivity contribution in [1.82, 2.24) is 0 Å². The van der Waals surface area contributed by atoms with E-state index in [9.17, 15) is 22.8 Å². The first-order valence-electron chi connectivity index (χ1n) is 7.94. The van der Waals surface area contributed by atoms with Crippen molar-refractivity contribution in [2.45, 2.75) is 24.8 Å². The number of ether oxygens (including phenoxy) is 1. The van der Waals surface area contributed by atoms with Gasteiger partial charge in [-0.2, -0.15) is 0 Å². The highest BCUT2D eigenvalue weighted by molar-refractivity contribution is 9.10. The summed E-state index contributed by atoms with van der Waals surface area (Å²) in [6.07, 6.45) is -1.16. The van der Waals surface area contributed by atoms with Crippen LogP contribution in [0.1, 0.15) is 34.6 Å². The number of hydrogen-bond donors (Lipinski definition) is 2. The summed E-state index contributed by atoms with van der Waals surface area (Å²) in [5, 5.41) is 7.62. The van der Waals surface area contributed by atoms with E-state index >= 15 is 0 Å². The molecule has 148 valence electrons. The molecule has 0 radical (unpaired) electrons. The zero-order valence-electron chi connectivity index (χ0n) is 14.9. The van der Waals surface area contributed by atoms with Crippen LogP contribution in [0.15, 0.2) is 51.8 Å². The van der Waals surface area contributed by atoms with E-state index in [0.717, 1.165) is 6.07 Å². The maximum Gasteiger partial charge on any atom is 0.340 e. The normalized spacial score (nSPS) is 12.1. The molecule has 1 atom stereocenters. The van der Waals surface area contributed by atoms with Gasteiger partial charge in [0.1, 0.15) is 0 Å². The van der Waals surface area contributed by atoms with Crippen molar-refractivity contribution < 1.29 is 27.5 Å². The standard InChI is InChI=1S/C18H17BrN2O6S/c1-10(22)12-3-5-13(6-4-12)21-17(23)11(2)27-18(24)15-9-14(28(20,25)26)7-8-16(15)19/h3-9,11H,1-2H3,(H,21,23)(H2,20,25,26)/t11-/m1/s1. The minimum Gasteiger partial charge on any atom is -0.449 e. The van der Waals surface area contributed by atoms with Crippen LogP contribution in [0.4, 0.5) is 5.69 Å². The van der Waals surface area contributed by atoms with Crippen LogP contribution < -0.4 is 10.5 Å². The second kappa shape index (κ2) is 8.63. The van der Waals surface area contributed by atoms with Gasteiger partial charge >= 0.3 is 5.97 Å². The van der Waals surface area contributed by atoms with Gasteiger partial charge in [-0.05, 0) is 72.2 Å². The van der Waals surface area contributed by atoms with Crippen molar-refractivity contribution in [1.29, 1.82) is 0 Å². The van der Waals surface area contributed by atoms with E-state index in [1.807, 2.05) is 0 Å². The van der Waals surface area contributed by atoms with Crippen molar-refractivity contribution in [3.8, 4) is 0 Å².